The maximum atomic E-state index is 13.2. The van der Waals surface area contributed by atoms with Gasteiger partial charge in [-0.3, -0.25) is 4.79 Å². The topological polar surface area (TPSA) is 228 Å². The average molecular weight is 1130 g/mol. The maximum absolute atomic E-state index is 13.2. The van der Waals surface area contributed by atoms with Gasteiger partial charge in [0.15, 0.2) is 12.6 Å². The van der Waals surface area contributed by atoms with Crippen molar-refractivity contribution in [2.75, 3.05) is 19.8 Å². The van der Waals surface area contributed by atoms with E-state index in [-0.39, 0.29) is 12.5 Å². The van der Waals surface area contributed by atoms with Crippen molar-refractivity contribution in [3.8, 4) is 0 Å². The van der Waals surface area contributed by atoms with E-state index >= 15 is 0 Å². The third-order valence-electron chi connectivity index (χ3n) is 16.7. The summed E-state index contributed by atoms with van der Waals surface area (Å²) in [6.45, 7) is 2.84. The molecule has 2 heterocycles. The first-order valence-corrected chi connectivity index (χ1v) is 33.4. The molecule has 9 N–H and O–H groups in total. The van der Waals surface area contributed by atoms with Crippen LogP contribution >= 0.6 is 0 Å². The van der Waals surface area contributed by atoms with Gasteiger partial charge >= 0.3 is 0 Å². The van der Waals surface area contributed by atoms with Crippen LogP contribution in [-0.2, 0) is 23.7 Å². The fraction of sp³-hybridized carbons (Fsp3) is 0.954. The molecule has 2 rings (SSSR count). The van der Waals surface area contributed by atoms with Crippen LogP contribution in [0.5, 0.6) is 0 Å². The van der Waals surface area contributed by atoms with Crippen LogP contribution < -0.4 is 5.32 Å². The third kappa shape index (κ3) is 36.2. The molecule has 0 aromatic rings. The summed E-state index contributed by atoms with van der Waals surface area (Å²) in [5.41, 5.74) is 0. The molecule has 14 heteroatoms. The molecule has 0 saturated carbocycles. The molecule has 0 aromatic heterocycles. The first kappa shape index (κ1) is 73.8. The number of carbonyl (C=O) groups excluding carboxylic acids is 1. The van der Waals surface area contributed by atoms with Crippen LogP contribution in [0.15, 0.2) is 12.2 Å². The first-order valence-electron chi connectivity index (χ1n) is 33.4. The van der Waals surface area contributed by atoms with Crippen LogP contribution in [0.2, 0.25) is 0 Å². The summed E-state index contributed by atoms with van der Waals surface area (Å²) in [4.78, 5) is 13.2. The minimum Gasteiger partial charge on any atom is -0.394 e. The van der Waals surface area contributed by atoms with Gasteiger partial charge in [0, 0.05) is 6.42 Å². The summed E-state index contributed by atoms with van der Waals surface area (Å²) >= 11 is 0. The molecule has 12 unspecified atom stereocenters. The summed E-state index contributed by atoms with van der Waals surface area (Å²) in [5, 5.41) is 87.0. The molecule has 2 aliphatic rings. The molecule has 0 aliphatic carbocycles. The maximum Gasteiger partial charge on any atom is 0.220 e. The molecule has 2 saturated heterocycles. The Bertz CT molecular complexity index is 1380. The normalized spacial score (nSPS) is 24.4. The van der Waals surface area contributed by atoms with Gasteiger partial charge in [-0.05, 0) is 38.5 Å². The lowest BCUT2D eigenvalue weighted by Crippen LogP contribution is -2.65. The van der Waals surface area contributed by atoms with Crippen molar-refractivity contribution in [1.29, 1.82) is 0 Å². The van der Waals surface area contributed by atoms with E-state index in [2.05, 4.69) is 31.3 Å². The molecule has 468 valence electrons. The van der Waals surface area contributed by atoms with E-state index in [0.717, 1.165) is 51.4 Å². The second-order valence-corrected chi connectivity index (χ2v) is 24.0. The van der Waals surface area contributed by atoms with Gasteiger partial charge in [0.25, 0.3) is 0 Å². The van der Waals surface area contributed by atoms with Gasteiger partial charge in [-0.1, -0.05) is 270 Å². The highest BCUT2D eigenvalue weighted by Crippen LogP contribution is 2.30. The number of aliphatic hydroxyl groups excluding tert-OH is 8. The van der Waals surface area contributed by atoms with Crippen LogP contribution in [-0.4, -0.2) is 140 Å². The summed E-state index contributed by atoms with van der Waals surface area (Å²) in [6.07, 6.45) is 44.4. The number of allylic oxidation sites excluding steroid dienone is 2. The zero-order valence-corrected chi connectivity index (χ0v) is 50.6. The second kappa shape index (κ2) is 51.2. The van der Waals surface area contributed by atoms with Crippen LogP contribution in [0, 0.1) is 0 Å². The van der Waals surface area contributed by atoms with E-state index in [4.69, 9.17) is 18.9 Å². The minimum absolute atomic E-state index is 0.204. The molecule has 12 atom stereocenters. The van der Waals surface area contributed by atoms with Gasteiger partial charge in [0.2, 0.25) is 5.91 Å². The lowest BCUT2D eigenvalue weighted by Gasteiger charge is -2.46. The van der Waals surface area contributed by atoms with Gasteiger partial charge in [0.05, 0.1) is 32.0 Å². The summed E-state index contributed by atoms with van der Waals surface area (Å²) in [6, 6.07) is -0.822. The Morgan fingerprint density at radius 3 is 1.20 bits per heavy atom. The van der Waals surface area contributed by atoms with Crippen molar-refractivity contribution in [2.24, 2.45) is 0 Å². The number of hydrogen-bond acceptors (Lipinski definition) is 13. The zero-order valence-electron chi connectivity index (χ0n) is 50.6. The van der Waals surface area contributed by atoms with Gasteiger partial charge in [-0.15, -0.1) is 0 Å². The smallest absolute Gasteiger partial charge is 0.220 e. The van der Waals surface area contributed by atoms with Gasteiger partial charge in [0.1, 0.15) is 48.8 Å². The van der Waals surface area contributed by atoms with Gasteiger partial charge < -0.3 is 65.1 Å². The van der Waals surface area contributed by atoms with E-state index in [1.165, 1.54) is 225 Å². The highest BCUT2D eigenvalue weighted by atomic mass is 16.7. The monoisotopic (exact) mass is 1130 g/mol. The number of amides is 1. The van der Waals surface area contributed by atoms with Crippen molar-refractivity contribution < 1.29 is 64.6 Å². The molecule has 79 heavy (non-hydrogen) atoms. The molecule has 0 spiro atoms. The van der Waals surface area contributed by atoms with E-state index in [9.17, 15) is 45.6 Å². The van der Waals surface area contributed by atoms with Crippen molar-refractivity contribution in [1.82, 2.24) is 5.32 Å². The fourth-order valence-corrected chi connectivity index (χ4v) is 11.4. The van der Waals surface area contributed by atoms with Gasteiger partial charge in [-0.2, -0.15) is 0 Å². The number of nitrogens with one attached hydrogen (secondary N) is 1. The number of hydrogen-bond donors (Lipinski definition) is 9. The summed E-state index contributed by atoms with van der Waals surface area (Å²) in [7, 11) is 0. The molecule has 0 aromatic carbocycles. The number of carbonyl (C=O) groups is 1. The molecule has 0 radical (unpaired) electrons. The number of ether oxygens (including phenoxy) is 4. The Hall–Kier alpha value is -1.27. The number of unbranched alkanes of at least 4 members (excludes halogenated alkanes) is 40. The highest BCUT2D eigenvalue weighted by molar-refractivity contribution is 5.76. The fourth-order valence-electron chi connectivity index (χ4n) is 11.4. The first-order chi connectivity index (χ1) is 38.6. The molecule has 14 nitrogen and oxygen atoms in total. The number of aliphatic hydroxyl groups is 8. The Labute approximate surface area is 482 Å². The Kier molecular flexibility index (Phi) is 47.8. The quantitative estimate of drug-likeness (QED) is 0.0204. The molecular formula is C65H125NO13. The zero-order chi connectivity index (χ0) is 57.4. The van der Waals surface area contributed by atoms with Gasteiger partial charge in [-0.25, -0.2) is 0 Å². The minimum atomic E-state index is -1.78. The van der Waals surface area contributed by atoms with Crippen LogP contribution in [0.1, 0.15) is 303 Å². The van der Waals surface area contributed by atoms with E-state index in [0.29, 0.717) is 12.8 Å². The van der Waals surface area contributed by atoms with Crippen molar-refractivity contribution >= 4 is 5.91 Å². The van der Waals surface area contributed by atoms with Crippen molar-refractivity contribution in [3.05, 3.63) is 12.2 Å². The third-order valence-corrected chi connectivity index (χ3v) is 16.7. The van der Waals surface area contributed by atoms with Crippen molar-refractivity contribution in [3.63, 3.8) is 0 Å². The molecular weight excluding hydrogens is 1000 g/mol. The van der Waals surface area contributed by atoms with Crippen LogP contribution in [0.4, 0.5) is 0 Å². The lowest BCUT2D eigenvalue weighted by molar-refractivity contribution is -0.359. The summed E-state index contributed by atoms with van der Waals surface area (Å²) in [5.74, 6) is -0.204. The SMILES string of the molecule is CCCCCCCCCC/C=C\CCCCCCCCCCCCCCCCCCCCCCCCCCCC(=O)NC(COC1OC(CO)C(OC2OC(CO)C(O)C(O)C2O)C(O)C1O)C(O)CCCCCCCCCC. The predicted octanol–water partition coefficient (Wildman–Crippen LogP) is 12.6. The number of rotatable bonds is 55. The second-order valence-electron chi connectivity index (χ2n) is 24.0. The average Bonchev–Trinajstić information content (AvgIpc) is 3.47. The molecule has 1 amide bonds. The highest BCUT2D eigenvalue weighted by Gasteiger charge is 2.51. The predicted molar refractivity (Wildman–Crippen MR) is 319 cm³/mol. The van der Waals surface area contributed by atoms with Crippen LogP contribution in [0.25, 0.3) is 0 Å². The molecule has 2 aliphatic heterocycles. The van der Waals surface area contributed by atoms with E-state index in [1.807, 2.05) is 0 Å². The Morgan fingerprint density at radius 2 is 0.797 bits per heavy atom. The van der Waals surface area contributed by atoms with E-state index < -0.39 is 86.8 Å². The Morgan fingerprint density at radius 1 is 0.443 bits per heavy atom. The standard InChI is InChI=1S/C65H125NO13/c1-3-5-7-9-11-13-14-15-16-17-18-19-20-21-22-23-24-25-26-27-28-29-30-31-32-33-34-35-36-37-38-39-40-41-43-45-47-49-57(70)66-53(54(69)48-46-44-42-12-10-8-6-4-2)52-76-64-62(75)60(73)63(56(51-68)78-64)79-65-61(74)59(72)58(71)55(50-67)77-65/h17-18,53-56,58-65,67-69,71-75H,3-16,19-52H2,1-2H3,(H,66,70)/b18-17-. The Balaban J connectivity index is 1.50. The molecule has 0 bridgehead atoms. The van der Waals surface area contributed by atoms with E-state index in [1.54, 1.807) is 0 Å². The lowest BCUT2D eigenvalue weighted by atomic mass is 9.97. The van der Waals surface area contributed by atoms with Crippen LogP contribution in [0.3, 0.4) is 0 Å². The molecule has 2 fully saturated rings. The largest absolute Gasteiger partial charge is 0.394 e. The summed E-state index contributed by atoms with van der Waals surface area (Å²) < 4.78 is 22.8. The van der Waals surface area contributed by atoms with Crippen molar-refractivity contribution in [2.45, 2.75) is 376 Å².